The van der Waals surface area contributed by atoms with E-state index >= 15 is 0 Å². The van der Waals surface area contributed by atoms with E-state index in [1.54, 1.807) is 77.1 Å². The van der Waals surface area contributed by atoms with Crippen molar-refractivity contribution in [1.82, 2.24) is 19.7 Å². The van der Waals surface area contributed by atoms with Gasteiger partial charge in [0.25, 0.3) is 0 Å². The first kappa shape index (κ1) is 36.2. The second-order valence-electron chi connectivity index (χ2n) is 13.0. The smallest absolute Gasteiger partial charge is 0.459 e. The van der Waals surface area contributed by atoms with Crippen LogP contribution in [0.2, 0.25) is 0 Å². The molecule has 0 spiro atoms. The number of rotatable bonds is 15. The molecule has 0 amide bonds. The Bertz CT molecular complexity index is 1730. The second-order valence-corrected chi connectivity index (χ2v) is 14.6. The molecule has 3 N–H and O–H groups in total. The van der Waals surface area contributed by atoms with Crippen LogP contribution >= 0.6 is 7.75 Å². The molecule has 16 heteroatoms. The lowest BCUT2D eigenvalue weighted by atomic mass is 10.0. The van der Waals surface area contributed by atoms with E-state index in [0.717, 1.165) is 6.42 Å². The maximum Gasteiger partial charge on any atom is 0.459 e. The van der Waals surface area contributed by atoms with Gasteiger partial charge < -0.3 is 29.2 Å². The van der Waals surface area contributed by atoms with Gasteiger partial charge in [-0.2, -0.15) is 10.2 Å². The van der Waals surface area contributed by atoms with Gasteiger partial charge in [0.2, 0.25) is 5.60 Å². The largest absolute Gasteiger partial charge is 0.465 e. The molecule has 15 nitrogen and oxygen atoms in total. The standard InChI is InChI=1S/C33H44N5O10P/c1-8-9-17-43-30(41)21(6)37-49(42,47-22-13-11-10-12-14-22)48-31-32(7)33(31,46-29(40)20(4)5)26(44-28(39)19(2)3)25(45-32)23-15-16-24-27(34)35-18-36-38(23)24/h10-16,18-21,25-26,31H,8-9,17H2,1-7H3,(H,37,42)(H2,34,35,36)/t21-,25-,26-,31?,32+,33+,49?/m0/s1. The van der Waals surface area contributed by atoms with Gasteiger partial charge in [-0.25, -0.2) is 14.1 Å². The lowest BCUT2D eigenvalue weighted by Gasteiger charge is -2.31. The number of anilines is 1. The molecule has 1 saturated heterocycles. The molecule has 0 radical (unpaired) electrons. The van der Waals surface area contributed by atoms with Crippen molar-refractivity contribution >= 4 is 37.0 Å². The van der Waals surface area contributed by atoms with Crippen LogP contribution in [0, 0.1) is 11.8 Å². The third kappa shape index (κ3) is 6.89. The van der Waals surface area contributed by atoms with E-state index in [9.17, 15) is 18.9 Å². The van der Waals surface area contributed by atoms with Crippen LogP contribution in [-0.4, -0.2) is 68.6 Å². The molecule has 5 rings (SSSR count). The van der Waals surface area contributed by atoms with Gasteiger partial charge in [0, 0.05) is 0 Å². The topological polar surface area (TPSA) is 192 Å². The maximum absolute atomic E-state index is 14.7. The fourth-order valence-electron chi connectivity index (χ4n) is 5.74. The summed E-state index contributed by atoms with van der Waals surface area (Å²) in [5.41, 5.74) is 3.66. The van der Waals surface area contributed by atoms with Crippen molar-refractivity contribution in [2.45, 2.75) is 96.9 Å². The number of esters is 3. The lowest BCUT2D eigenvalue weighted by molar-refractivity contribution is -0.181. The van der Waals surface area contributed by atoms with Gasteiger partial charge in [0.15, 0.2) is 11.9 Å². The molecule has 3 aromatic rings. The van der Waals surface area contributed by atoms with Gasteiger partial charge in [-0.3, -0.25) is 18.9 Å². The van der Waals surface area contributed by atoms with Crippen LogP contribution in [0.15, 0.2) is 48.8 Å². The van der Waals surface area contributed by atoms with E-state index in [1.165, 1.54) is 17.8 Å². The summed E-state index contributed by atoms with van der Waals surface area (Å²) in [6, 6.07) is 10.5. The Balaban J connectivity index is 1.57. The molecule has 2 fully saturated rings. The zero-order valence-corrected chi connectivity index (χ0v) is 29.5. The number of nitrogens with two attached hydrogens (primary N) is 1. The highest BCUT2D eigenvalue weighted by atomic mass is 31.2. The predicted molar refractivity (Wildman–Crippen MR) is 176 cm³/mol. The van der Waals surface area contributed by atoms with Crippen molar-refractivity contribution in [3.05, 3.63) is 54.5 Å². The van der Waals surface area contributed by atoms with Crippen molar-refractivity contribution in [3.8, 4) is 5.75 Å². The van der Waals surface area contributed by atoms with Gasteiger partial charge in [0.1, 0.15) is 41.4 Å². The number of ether oxygens (including phenoxy) is 4. The van der Waals surface area contributed by atoms with Crippen LogP contribution in [-0.2, 0) is 42.4 Å². The van der Waals surface area contributed by atoms with Crippen molar-refractivity contribution in [2.24, 2.45) is 11.8 Å². The Hall–Kier alpha value is -4.04. The summed E-state index contributed by atoms with van der Waals surface area (Å²) in [6.07, 6.45) is -0.915. The van der Waals surface area contributed by atoms with E-state index in [0.29, 0.717) is 17.6 Å². The number of nitrogen functional groups attached to an aromatic ring is 1. The first-order valence-electron chi connectivity index (χ1n) is 16.3. The number of carbonyl (C=O) groups excluding carboxylic acids is 3. The lowest BCUT2D eigenvalue weighted by Crippen LogP contribution is -2.45. The molecule has 0 bridgehead atoms. The van der Waals surface area contributed by atoms with E-state index in [1.807, 2.05) is 6.92 Å². The number of fused-ring (bicyclic) bond motifs is 2. The number of hydrogen-bond donors (Lipinski definition) is 2. The first-order chi connectivity index (χ1) is 23.2. The average Bonchev–Trinajstić information content (AvgIpc) is 3.31. The van der Waals surface area contributed by atoms with Crippen LogP contribution in [0.4, 0.5) is 5.82 Å². The number of carbonyl (C=O) groups is 3. The molecule has 1 aliphatic heterocycles. The van der Waals surface area contributed by atoms with Gasteiger partial charge in [-0.1, -0.05) is 59.2 Å². The highest BCUT2D eigenvalue weighted by Crippen LogP contribution is 2.71. The van der Waals surface area contributed by atoms with E-state index in [4.69, 9.17) is 33.7 Å². The summed E-state index contributed by atoms with van der Waals surface area (Å²) in [5.74, 6) is -2.70. The Morgan fingerprint density at radius 2 is 1.73 bits per heavy atom. The SMILES string of the molecule is CCCCOC(=O)[C@H](C)NP(=O)(Oc1ccccc1)OC1[C@@]2(C)O[C@@H](c3ccc4c(N)ncnn34)[C@H](OC(=O)C(C)C)[C@@]12OC(=O)C(C)C. The molecular formula is C33H44N5O10P. The van der Waals surface area contributed by atoms with Crippen molar-refractivity contribution in [3.63, 3.8) is 0 Å². The molecule has 7 atom stereocenters. The van der Waals surface area contributed by atoms with Gasteiger partial charge >= 0.3 is 25.7 Å². The molecule has 1 aromatic carbocycles. The number of aromatic nitrogens is 3. The zero-order chi connectivity index (χ0) is 35.7. The zero-order valence-electron chi connectivity index (χ0n) is 28.7. The van der Waals surface area contributed by atoms with Crippen LogP contribution in [0.3, 0.4) is 0 Å². The van der Waals surface area contributed by atoms with Gasteiger partial charge in [-0.15, -0.1) is 0 Å². The molecule has 1 saturated carbocycles. The van der Waals surface area contributed by atoms with Crippen LogP contribution in [0.1, 0.15) is 73.1 Å². The van der Waals surface area contributed by atoms with Crippen molar-refractivity contribution in [2.75, 3.05) is 12.3 Å². The molecule has 3 heterocycles. The molecule has 266 valence electrons. The number of para-hydroxylation sites is 1. The molecule has 2 aromatic heterocycles. The number of nitrogens with zero attached hydrogens (tertiary/aromatic N) is 3. The Morgan fingerprint density at radius 3 is 2.39 bits per heavy atom. The first-order valence-corrected chi connectivity index (χ1v) is 17.9. The Labute approximate surface area is 284 Å². The summed E-state index contributed by atoms with van der Waals surface area (Å²) in [7, 11) is -4.50. The molecule has 2 aliphatic rings. The molecular weight excluding hydrogens is 657 g/mol. The molecule has 1 aliphatic carbocycles. The minimum atomic E-state index is -4.50. The second kappa shape index (κ2) is 14.1. The number of benzene rings is 1. The fourth-order valence-corrected chi connectivity index (χ4v) is 7.51. The van der Waals surface area contributed by atoms with Crippen LogP contribution < -0.4 is 15.3 Å². The Kier molecular flexibility index (Phi) is 10.4. The molecule has 49 heavy (non-hydrogen) atoms. The minimum Gasteiger partial charge on any atom is -0.465 e. The number of hydrogen-bond acceptors (Lipinski definition) is 13. The van der Waals surface area contributed by atoms with Crippen molar-refractivity contribution in [1.29, 1.82) is 0 Å². The van der Waals surface area contributed by atoms with Crippen molar-refractivity contribution < 1.29 is 46.9 Å². The predicted octanol–water partition coefficient (Wildman–Crippen LogP) is 4.55. The van der Waals surface area contributed by atoms with Gasteiger partial charge in [0.05, 0.1) is 24.1 Å². The monoisotopic (exact) mass is 701 g/mol. The quantitative estimate of drug-likeness (QED) is 0.0970. The van der Waals surface area contributed by atoms with E-state index in [2.05, 4.69) is 15.2 Å². The average molecular weight is 702 g/mol. The Morgan fingerprint density at radius 1 is 1.04 bits per heavy atom. The number of unbranched alkanes of at least 4 members (excludes halogenated alkanes) is 1. The minimum absolute atomic E-state index is 0.174. The normalized spacial score (nSPS) is 26.2. The highest BCUT2D eigenvalue weighted by molar-refractivity contribution is 7.52. The van der Waals surface area contributed by atoms with Gasteiger partial charge in [-0.05, 0) is 44.5 Å². The summed E-state index contributed by atoms with van der Waals surface area (Å²) in [6.45, 7) is 11.8. The fraction of sp³-hybridized carbons (Fsp3) is 0.545. The number of nitrogens with one attached hydrogen (secondary N) is 1. The summed E-state index contributed by atoms with van der Waals surface area (Å²) in [4.78, 5) is 43.5. The highest BCUT2D eigenvalue weighted by Gasteiger charge is 2.91. The third-order valence-corrected chi connectivity index (χ3v) is 10.2. The summed E-state index contributed by atoms with van der Waals surface area (Å²) < 4.78 is 52.6. The maximum atomic E-state index is 14.7. The third-order valence-electron chi connectivity index (χ3n) is 8.57. The summed E-state index contributed by atoms with van der Waals surface area (Å²) in [5, 5.41) is 7.00. The van der Waals surface area contributed by atoms with E-state index < -0.39 is 73.0 Å². The van der Waals surface area contributed by atoms with E-state index in [-0.39, 0.29) is 18.2 Å². The van der Waals surface area contributed by atoms with Crippen LogP contribution in [0.5, 0.6) is 5.75 Å². The summed E-state index contributed by atoms with van der Waals surface area (Å²) >= 11 is 0. The molecule has 2 unspecified atom stereocenters. The van der Waals surface area contributed by atoms with Crippen LogP contribution in [0.25, 0.3) is 5.52 Å².